The highest BCUT2D eigenvalue weighted by molar-refractivity contribution is 5.98. The fourth-order valence-corrected chi connectivity index (χ4v) is 2.83. The molecule has 0 aliphatic heterocycles. The number of aryl methyl sites for hydroxylation is 1. The van der Waals surface area contributed by atoms with Crippen molar-refractivity contribution in [3.8, 4) is 0 Å². The summed E-state index contributed by atoms with van der Waals surface area (Å²) >= 11 is 0. The Hall–Kier alpha value is -1.09. The van der Waals surface area contributed by atoms with Crippen LogP contribution in [0.1, 0.15) is 54.0 Å². The van der Waals surface area contributed by atoms with Crippen molar-refractivity contribution in [3.63, 3.8) is 0 Å². The Bertz CT molecular complexity index is 420. The van der Waals surface area contributed by atoms with Gasteiger partial charge in [-0.3, -0.25) is 4.79 Å². The molecular formula is C14H21NO2. The smallest absolute Gasteiger partial charge is 0.164 e. The van der Waals surface area contributed by atoms with E-state index >= 15 is 0 Å². The molecule has 1 unspecified atom stereocenters. The van der Waals surface area contributed by atoms with E-state index in [4.69, 9.17) is 4.74 Å². The zero-order valence-corrected chi connectivity index (χ0v) is 11.0. The molecule has 0 aromatic carbocycles. The maximum atomic E-state index is 11.9. The number of ketones is 1. The fourth-order valence-electron chi connectivity index (χ4n) is 2.83. The van der Waals surface area contributed by atoms with Gasteiger partial charge in [-0.2, -0.15) is 0 Å². The maximum Gasteiger partial charge on any atom is 0.164 e. The van der Waals surface area contributed by atoms with Crippen LogP contribution in [0.3, 0.4) is 0 Å². The largest absolute Gasteiger partial charge is 0.383 e. The highest BCUT2D eigenvalue weighted by Gasteiger charge is 2.25. The molecule has 1 atom stereocenters. The maximum absolute atomic E-state index is 11.9. The highest BCUT2D eigenvalue weighted by Crippen LogP contribution is 2.29. The summed E-state index contributed by atoms with van der Waals surface area (Å²) in [5, 5.41) is 0. The molecule has 0 fully saturated rings. The van der Waals surface area contributed by atoms with Crippen LogP contribution in [0.4, 0.5) is 0 Å². The summed E-state index contributed by atoms with van der Waals surface area (Å²) in [6.07, 6.45) is 3.75. The van der Waals surface area contributed by atoms with E-state index in [1.54, 1.807) is 7.11 Å². The monoisotopic (exact) mass is 235 g/mol. The Morgan fingerprint density at radius 3 is 2.88 bits per heavy atom. The number of methoxy groups -OCH3 is 1. The van der Waals surface area contributed by atoms with E-state index in [-0.39, 0.29) is 0 Å². The summed E-state index contributed by atoms with van der Waals surface area (Å²) in [4.78, 5) is 11.9. The molecule has 3 nitrogen and oxygen atoms in total. The van der Waals surface area contributed by atoms with Crippen molar-refractivity contribution >= 4 is 5.78 Å². The molecule has 94 valence electrons. The minimum atomic E-state index is 0.306. The van der Waals surface area contributed by atoms with Gasteiger partial charge in [-0.25, -0.2) is 0 Å². The molecule has 0 saturated heterocycles. The summed E-state index contributed by atoms with van der Waals surface area (Å²) in [7, 11) is 1.74. The first-order valence-electron chi connectivity index (χ1n) is 6.41. The zero-order chi connectivity index (χ0) is 12.4. The lowest BCUT2D eigenvalue weighted by atomic mass is 9.96. The van der Waals surface area contributed by atoms with Crippen LogP contribution in [0.2, 0.25) is 0 Å². The first-order chi connectivity index (χ1) is 8.19. The minimum absolute atomic E-state index is 0.306. The van der Waals surface area contributed by atoms with Gasteiger partial charge in [0, 0.05) is 30.5 Å². The molecule has 0 spiro atoms. The fraction of sp³-hybridized carbons (Fsp3) is 0.643. The van der Waals surface area contributed by atoms with Crippen molar-refractivity contribution in [3.05, 3.63) is 23.0 Å². The molecule has 2 rings (SSSR count). The first kappa shape index (κ1) is 12.4. The number of carbonyl (C=O) groups is 1. The van der Waals surface area contributed by atoms with Crippen LogP contribution in [-0.2, 0) is 11.2 Å². The number of Topliss-reactive ketones (excluding diaryl/α,β-unsaturated/α-hetero) is 1. The Morgan fingerprint density at radius 2 is 2.24 bits per heavy atom. The molecule has 0 N–H and O–H groups in total. The van der Waals surface area contributed by atoms with Crippen molar-refractivity contribution in [2.45, 2.75) is 45.6 Å². The topological polar surface area (TPSA) is 31.2 Å². The Labute approximate surface area is 103 Å². The zero-order valence-electron chi connectivity index (χ0n) is 11.0. The Balaban J connectivity index is 2.43. The van der Waals surface area contributed by atoms with Gasteiger partial charge >= 0.3 is 0 Å². The van der Waals surface area contributed by atoms with E-state index in [1.807, 2.05) is 0 Å². The van der Waals surface area contributed by atoms with Crippen molar-refractivity contribution < 1.29 is 9.53 Å². The van der Waals surface area contributed by atoms with Gasteiger partial charge in [-0.1, -0.05) is 6.92 Å². The van der Waals surface area contributed by atoms with Crippen LogP contribution >= 0.6 is 0 Å². The van der Waals surface area contributed by atoms with Crippen molar-refractivity contribution in [2.24, 2.45) is 0 Å². The molecule has 1 heterocycles. The van der Waals surface area contributed by atoms with E-state index in [0.717, 1.165) is 24.8 Å². The molecule has 0 radical (unpaired) electrons. The minimum Gasteiger partial charge on any atom is -0.383 e. The van der Waals surface area contributed by atoms with Gasteiger partial charge < -0.3 is 9.30 Å². The molecule has 1 aliphatic carbocycles. The standard InChI is InChI=1S/C14H21NO2/c1-4-11(9-17-3)15-10(2)8-12-13(15)6-5-7-14(12)16/h8,11H,4-7,9H2,1-3H3. The SMILES string of the molecule is CCC(COC)n1c(C)cc2c1CCCC2=O. The quantitative estimate of drug-likeness (QED) is 0.803. The normalized spacial score (nSPS) is 17.0. The Morgan fingerprint density at radius 1 is 1.47 bits per heavy atom. The van der Waals surface area contributed by atoms with Crippen molar-refractivity contribution in [1.29, 1.82) is 0 Å². The number of carbonyl (C=O) groups excluding carboxylic acids is 1. The summed E-state index contributed by atoms with van der Waals surface area (Å²) in [6, 6.07) is 2.41. The lowest BCUT2D eigenvalue weighted by molar-refractivity contribution is 0.0970. The van der Waals surface area contributed by atoms with Crippen LogP contribution in [0, 0.1) is 6.92 Å². The van der Waals surface area contributed by atoms with E-state index in [9.17, 15) is 4.79 Å². The summed E-state index contributed by atoms with van der Waals surface area (Å²) in [6.45, 7) is 4.97. The Kier molecular flexibility index (Phi) is 3.67. The molecule has 3 heteroatoms. The van der Waals surface area contributed by atoms with Gasteiger partial charge in [0.25, 0.3) is 0 Å². The number of nitrogens with zero attached hydrogens (tertiary/aromatic N) is 1. The third-order valence-electron chi connectivity index (χ3n) is 3.65. The summed E-state index contributed by atoms with van der Waals surface area (Å²) in [5.41, 5.74) is 3.36. The second-order valence-electron chi connectivity index (χ2n) is 4.81. The number of ether oxygens (including phenoxy) is 1. The number of hydrogen-bond acceptors (Lipinski definition) is 2. The molecule has 0 bridgehead atoms. The van der Waals surface area contributed by atoms with Crippen LogP contribution in [-0.4, -0.2) is 24.1 Å². The number of fused-ring (bicyclic) bond motifs is 1. The summed E-state index contributed by atoms with van der Waals surface area (Å²) in [5.74, 6) is 0.306. The van der Waals surface area contributed by atoms with Gasteiger partial charge in [0.2, 0.25) is 0 Å². The molecule has 0 amide bonds. The van der Waals surface area contributed by atoms with Crippen LogP contribution in [0.15, 0.2) is 6.07 Å². The lowest BCUT2D eigenvalue weighted by Crippen LogP contribution is -2.20. The van der Waals surface area contributed by atoms with Gasteiger partial charge in [0.15, 0.2) is 5.78 Å². The molecule has 1 aromatic heterocycles. The summed E-state index contributed by atoms with van der Waals surface area (Å²) < 4.78 is 7.60. The highest BCUT2D eigenvalue weighted by atomic mass is 16.5. The molecular weight excluding hydrogens is 214 g/mol. The van der Waals surface area contributed by atoms with E-state index in [0.29, 0.717) is 24.9 Å². The lowest BCUT2D eigenvalue weighted by Gasteiger charge is -2.23. The van der Waals surface area contributed by atoms with Crippen molar-refractivity contribution in [1.82, 2.24) is 4.57 Å². The number of rotatable bonds is 4. The third kappa shape index (κ3) is 2.16. The predicted molar refractivity (Wildman–Crippen MR) is 67.6 cm³/mol. The molecule has 1 aromatic rings. The number of aromatic nitrogens is 1. The molecule has 1 aliphatic rings. The average molecular weight is 235 g/mol. The first-order valence-corrected chi connectivity index (χ1v) is 6.41. The van der Waals surface area contributed by atoms with Crippen LogP contribution in [0.5, 0.6) is 0 Å². The predicted octanol–water partition coefficient (Wildman–Crippen LogP) is 2.91. The second kappa shape index (κ2) is 5.05. The van der Waals surface area contributed by atoms with Crippen LogP contribution in [0.25, 0.3) is 0 Å². The molecule has 0 saturated carbocycles. The van der Waals surface area contributed by atoms with E-state index < -0.39 is 0 Å². The molecule has 17 heavy (non-hydrogen) atoms. The van der Waals surface area contributed by atoms with Gasteiger partial charge in [-0.15, -0.1) is 0 Å². The second-order valence-corrected chi connectivity index (χ2v) is 4.81. The number of hydrogen-bond donors (Lipinski definition) is 0. The third-order valence-corrected chi connectivity index (χ3v) is 3.65. The van der Waals surface area contributed by atoms with E-state index in [1.165, 1.54) is 11.4 Å². The van der Waals surface area contributed by atoms with Crippen LogP contribution < -0.4 is 0 Å². The van der Waals surface area contributed by atoms with Gasteiger partial charge in [0.05, 0.1) is 12.6 Å². The van der Waals surface area contributed by atoms with Gasteiger partial charge in [0.1, 0.15) is 0 Å². The van der Waals surface area contributed by atoms with Crippen molar-refractivity contribution in [2.75, 3.05) is 13.7 Å². The van der Waals surface area contributed by atoms with Gasteiger partial charge in [-0.05, 0) is 32.3 Å². The van der Waals surface area contributed by atoms with E-state index in [2.05, 4.69) is 24.5 Å². The average Bonchev–Trinajstić information content (AvgIpc) is 2.64.